The minimum atomic E-state index is -1.14. The quantitative estimate of drug-likeness (QED) is 0.300. The van der Waals surface area contributed by atoms with Crippen molar-refractivity contribution in [3.63, 3.8) is 0 Å². The van der Waals surface area contributed by atoms with Gasteiger partial charge in [-0.15, -0.1) is 0 Å². The van der Waals surface area contributed by atoms with Gasteiger partial charge in [-0.3, -0.25) is 14.7 Å². The van der Waals surface area contributed by atoms with Gasteiger partial charge in [-0.2, -0.15) is 15.4 Å². The summed E-state index contributed by atoms with van der Waals surface area (Å²) < 4.78 is 39.8. The van der Waals surface area contributed by atoms with E-state index in [0.29, 0.717) is 43.6 Å². The number of hydrogen-bond donors (Lipinski definition) is 2. The van der Waals surface area contributed by atoms with Crippen molar-refractivity contribution in [3.05, 3.63) is 23.8 Å². The first-order valence-electron chi connectivity index (χ1n) is 21.2. The molecule has 0 unspecified atom stereocenters. The van der Waals surface area contributed by atoms with E-state index in [4.69, 9.17) is 38.3 Å². The second-order valence-corrected chi connectivity index (χ2v) is 18.0. The Hall–Kier alpha value is -3.74. The standard InChI is InChI=1S/C42H63N7O10/c1-11-32-42(8)36-24(4)33(43-14-15-49(36)40(52)59-42)22(2)18-41(7)37(58-39-34(50)31(48(9)10)16-23(3)56-39)25(5)35(26(6)38(51)57-32)53-20-28(21-54-41)46-55-19-27-12-13-29-30(17-27)45-47-44-29/h12-13,17,22-26,31-32,34-37,39,50H,11,14-16,18-21H2,1-10H3,(H,44,45,47)/b46-28+/t22-,23+,24+,25+,26-,31-,32-,34+,35+,36-,37-,39-,41-,42-/m1/s1. The van der Waals surface area contributed by atoms with Gasteiger partial charge in [0.05, 0.1) is 55.6 Å². The lowest BCUT2D eigenvalue weighted by molar-refractivity contribution is -0.302. The van der Waals surface area contributed by atoms with Crippen LogP contribution in [-0.2, 0) is 44.7 Å². The van der Waals surface area contributed by atoms with Gasteiger partial charge >= 0.3 is 12.1 Å². The van der Waals surface area contributed by atoms with Crippen LogP contribution in [0.15, 0.2) is 28.3 Å². The predicted molar refractivity (Wildman–Crippen MR) is 217 cm³/mol. The SMILES string of the molecule is CC[C@H]1OC(=O)[C@H](C)[C@H]2OC/C(=N\OCc3ccc4n[nH]nc4c3)CO[C@](C)(C[C@@H](C)C3=NCCN4C(=O)O[C@@]1(C)[C@H]4[C@H]3C)[C@H](O[C@H]1O[C@@H](C)C[C@@H](N(C)C)[C@@H]1O)[C@H]2C. The number of aromatic amines is 1. The number of rotatable bonds is 7. The van der Waals surface area contributed by atoms with E-state index in [1.165, 1.54) is 0 Å². The summed E-state index contributed by atoms with van der Waals surface area (Å²) in [6, 6.07) is 4.98. The maximum Gasteiger partial charge on any atom is 0.410 e. The summed E-state index contributed by atoms with van der Waals surface area (Å²) in [5, 5.41) is 27.2. The molecule has 17 nitrogen and oxygen atoms in total. The lowest BCUT2D eigenvalue weighted by atomic mass is 9.72. The fraction of sp³-hybridized carbons (Fsp3) is 0.762. The molecule has 4 saturated heterocycles. The number of carbonyl (C=O) groups excluding carboxylic acids is 2. The molecule has 4 bridgehead atoms. The third-order valence-electron chi connectivity index (χ3n) is 13.4. The number of esters is 1. The highest BCUT2D eigenvalue weighted by atomic mass is 16.7. The number of hydrogen-bond acceptors (Lipinski definition) is 15. The Labute approximate surface area is 346 Å². The lowest BCUT2D eigenvalue weighted by Gasteiger charge is -2.48. The van der Waals surface area contributed by atoms with E-state index in [0.717, 1.165) is 16.8 Å². The summed E-state index contributed by atoms with van der Waals surface area (Å²) >= 11 is 0. The molecule has 5 aliphatic heterocycles. The number of carbonyl (C=O) groups is 2. The molecule has 59 heavy (non-hydrogen) atoms. The molecule has 1 amide bonds. The zero-order chi connectivity index (χ0) is 42.4. The molecule has 5 aliphatic rings. The van der Waals surface area contributed by atoms with E-state index in [-0.39, 0.29) is 43.8 Å². The predicted octanol–water partition coefficient (Wildman–Crippen LogP) is 4.12. The van der Waals surface area contributed by atoms with Crippen LogP contribution in [0.2, 0.25) is 0 Å². The van der Waals surface area contributed by atoms with Crippen molar-refractivity contribution in [2.45, 2.75) is 141 Å². The van der Waals surface area contributed by atoms with E-state index in [1.54, 1.807) is 11.8 Å². The molecular formula is C42H63N7O10. The van der Waals surface area contributed by atoms with E-state index in [9.17, 15) is 14.7 Å². The minimum Gasteiger partial charge on any atom is -0.458 e. The summed E-state index contributed by atoms with van der Waals surface area (Å²) in [7, 11) is 3.87. The average Bonchev–Trinajstić information content (AvgIpc) is 3.71. The van der Waals surface area contributed by atoms with E-state index >= 15 is 0 Å². The van der Waals surface area contributed by atoms with Gasteiger partial charge in [0, 0.05) is 30.1 Å². The molecule has 2 aromatic rings. The minimum absolute atomic E-state index is 0.0110. The van der Waals surface area contributed by atoms with Crippen molar-refractivity contribution >= 4 is 34.5 Å². The van der Waals surface area contributed by atoms with Gasteiger partial charge in [0.15, 0.2) is 11.9 Å². The number of nitrogens with one attached hydrogen (secondary N) is 1. The maximum atomic E-state index is 14.5. The first-order valence-corrected chi connectivity index (χ1v) is 21.2. The summed E-state index contributed by atoms with van der Waals surface area (Å²) in [6.45, 7) is 16.7. The zero-order valence-electron chi connectivity index (χ0n) is 36.1. The van der Waals surface area contributed by atoms with Gasteiger partial charge in [0.2, 0.25) is 0 Å². The highest BCUT2D eigenvalue weighted by Gasteiger charge is 2.60. The number of H-pyrrole nitrogens is 1. The molecule has 14 atom stereocenters. The van der Waals surface area contributed by atoms with Crippen LogP contribution in [-0.4, -0.2) is 154 Å². The fourth-order valence-corrected chi connectivity index (χ4v) is 10.4. The molecule has 17 heteroatoms. The molecule has 0 radical (unpaired) electrons. The van der Waals surface area contributed by atoms with Crippen LogP contribution in [0.1, 0.15) is 80.2 Å². The van der Waals surface area contributed by atoms with Crippen LogP contribution < -0.4 is 0 Å². The number of aliphatic hydroxyl groups excluding tert-OH is 1. The highest BCUT2D eigenvalue weighted by molar-refractivity contribution is 5.91. The summed E-state index contributed by atoms with van der Waals surface area (Å²) in [5.74, 6) is -2.27. The van der Waals surface area contributed by atoms with Crippen molar-refractivity contribution in [1.29, 1.82) is 0 Å². The van der Waals surface area contributed by atoms with E-state index in [2.05, 4.69) is 34.4 Å². The molecule has 1 aromatic carbocycles. The number of fused-ring (bicyclic) bond motifs is 5. The topological polar surface area (TPSA) is 192 Å². The summed E-state index contributed by atoms with van der Waals surface area (Å²) in [4.78, 5) is 42.9. The first kappa shape index (κ1) is 43.4. The monoisotopic (exact) mass is 825 g/mol. The third kappa shape index (κ3) is 8.47. The molecule has 7 rings (SSSR count). The van der Waals surface area contributed by atoms with Gasteiger partial charge < -0.3 is 43.3 Å². The summed E-state index contributed by atoms with van der Waals surface area (Å²) in [5.41, 5.74) is 1.46. The number of aliphatic imine (C=N–C) groups is 1. The second-order valence-electron chi connectivity index (χ2n) is 18.0. The smallest absolute Gasteiger partial charge is 0.410 e. The molecule has 0 saturated carbocycles. The number of aromatic nitrogens is 3. The van der Waals surface area contributed by atoms with Gasteiger partial charge in [-0.1, -0.05) is 38.9 Å². The van der Waals surface area contributed by atoms with E-state index < -0.39 is 71.8 Å². The van der Waals surface area contributed by atoms with Crippen LogP contribution in [0.5, 0.6) is 0 Å². The Morgan fingerprint density at radius 1 is 1.07 bits per heavy atom. The van der Waals surface area contributed by atoms with Crippen molar-refractivity contribution in [3.8, 4) is 0 Å². The number of benzene rings is 1. The number of amides is 1. The number of aliphatic hydroxyl groups is 1. The highest BCUT2D eigenvalue weighted by Crippen LogP contribution is 2.45. The number of nitrogens with zero attached hydrogens (tertiary/aromatic N) is 6. The second kappa shape index (κ2) is 17.3. The van der Waals surface area contributed by atoms with Crippen LogP contribution in [0, 0.1) is 23.7 Å². The summed E-state index contributed by atoms with van der Waals surface area (Å²) in [6.07, 6.45) is -3.47. The van der Waals surface area contributed by atoms with Crippen LogP contribution in [0.25, 0.3) is 11.0 Å². The van der Waals surface area contributed by atoms with E-state index in [1.807, 2.05) is 71.8 Å². The Morgan fingerprint density at radius 2 is 1.83 bits per heavy atom. The number of cyclic esters (lactones) is 1. The van der Waals surface area contributed by atoms with Crippen molar-refractivity contribution < 1.29 is 48.0 Å². The third-order valence-corrected chi connectivity index (χ3v) is 13.4. The molecule has 2 N–H and O–H groups in total. The largest absolute Gasteiger partial charge is 0.458 e. The van der Waals surface area contributed by atoms with Crippen LogP contribution >= 0.6 is 0 Å². The van der Waals surface area contributed by atoms with Crippen molar-refractivity contribution in [1.82, 2.24) is 25.2 Å². The number of ether oxygens (including phenoxy) is 6. The Bertz CT molecular complexity index is 1890. The van der Waals surface area contributed by atoms with Crippen molar-refractivity contribution in [2.75, 3.05) is 40.4 Å². The molecule has 4 fully saturated rings. The molecule has 0 aliphatic carbocycles. The lowest BCUT2D eigenvalue weighted by Crippen LogP contribution is -2.60. The Kier molecular flexibility index (Phi) is 12.7. The molecule has 6 heterocycles. The average molecular weight is 826 g/mol. The Balaban J connectivity index is 1.30. The maximum absolute atomic E-state index is 14.5. The molecule has 0 spiro atoms. The Morgan fingerprint density at radius 3 is 2.58 bits per heavy atom. The van der Waals surface area contributed by atoms with Gasteiger partial charge in [-0.25, -0.2) is 4.79 Å². The fourth-order valence-electron chi connectivity index (χ4n) is 10.4. The van der Waals surface area contributed by atoms with Gasteiger partial charge in [-0.05, 0) is 84.7 Å². The van der Waals surface area contributed by atoms with Crippen LogP contribution in [0.4, 0.5) is 4.79 Å². The van der Waals surface area contributed by atoms with Crippen LogP contribution in [0.3, 0.4) is 0 Å². The number of oxime groups is 1. The molecule has 1 aromatic heterocycles. The number of likely N-dealkylation sites (N-methyl/N-ethyl adjacent to an activating group) is 1. The zero-order valence-corrected chi connectivity index (χ0v) is 36.1. The normalized spacial score (nSPS) is 40.4. The first-order chi connectivity index (χ1) is 28.0. The molecule has 326 valence electrons. The molecular weight excluding hydrogens is 763 g/mol. The van der Waals surface area contributed by atoms with Gasteiger partial charge in [0.1, 0.15) is 35.6 Å². The van der Waals surface area contributed by atoms with Crippen molar-refractivity contribution in [2.24, 2.45) is 33.8 Å². The van der Waals surface area contributed by atoms with Gasteiger partial charge in [0.25, 0.3) is 0 Å².